The van der Waals surface area contributed by atoms with Crippen molar-refractivity contribution >= 4 is 5.91 Å². The van der Waals surface area contributed by atoms with Crippen LogP contribution in [0.15, 0.2) is 24.3 Å². The van der Waals surface area contributed by atoms with Gasteiger partial charge < -0.3 is 18.9 Å². The van der Waals surface area contributed by atoms with Crippen LogP contribution in [0.2, 0.25) is 0 Å². The maximum Gasteiger partial charge on any atom is 0.248 e. The van der Waals surface area contributed by atoms with Crippen LogP contribution in [0.1, 0.15) is 24.5 Å². The molecule has 0 N–H and O–H groups in total. The molecule has 2 aliphatic rings. The number of rotatable bonds is 6. The molecule has 1 aromatic carbocycles. The topological polar surface area (TPSA) is 72.7 Å². The quantitative estimate of drug-likeness (QED) is 0.710. The molecular formula is C21H28FN5O3. The Bertz CT molecular complexity index is 864. The first-order valence-corrected chi connectivity index (χ1v) is 10.4. The Morgan fingerprint density at radius 3 is 2.60 bits per heavy atom. The number of likely N-dealkylation sites (tertiary alicyclic amines) is 1. The Morgan fingerprint density at radius 2 is 1.93 bits per heavy atom. The van der Waals surface area contributed by atoms with Gasteiger partial charge in [0.15, 0.2) is 0 Å². The van der Waals surface area contributed by atoms with Crippen molar-refractivity contribution in [3.63, 3.8) is 0 Å². The number of piperidine rings is 1. The summed E-state index contributed by atoms with van der Waals surface area (Å²) in [5.41, 5.74) is 0. The Labute approximate surface area is 175 Å². The Morgan fingerprint density at radius 1 is 1.20 bits per heavy atom. The maximum absolute atomic E-state index is 13.0. The number of hydrogen-bond donors (Lipinski definition) is 0. The summed E-state index contributed by atoms with van der Waals surface area (Å²) < 4.78 is 26.4. The molecule has 162 valence electrons. The van der Waals surface area contributed by atoms with E-state index in [-0.39, 0.29) is 30.5 Å². The monoisotopic (exact) mass is 417 g/mol. The van der Waals surface area contributed by atoms with Crippen LogP contribution in [0, 0.1) is 12.7 Å². The van der Waals surface area contributed by atoms with E-state index in [0.29, 0.717) is 18.9 Å². The highest BCUT2D eigenvalue weighted by molar-refractivity contribution is 5.78. The van der Waals surface area contributed by atoms with Crippen LogP contribution in [-0.2, 0) is 23.1 Å². The minimum absolute atomic E-state index is 0.0374. The van der Waals surface area contributed by atoms with Crippen LogP contribution in [0.3, 0.4) is 0 Å². The van der Waals surface area contributed by atoms with Gasteiger partial charge in [0.1, 0.15) is 42.5 Å². The van der Waals surface area contributed by atoms with E-state index in [4.69, 9.17) is 9.47 Å². The SMILES string of the molecule is Cc1nnc(CN2CCC(N3C[C@H](COc4ccc(F)cc4)OCC3=O)CC2)n1C. The number of hydrogen-bond acceptors (Lipinski definition) is 6. The van der Waals surface area contributed by atoms with Gasteiger partial charge >= 0.3 is 0 Å². The minimum Gasteiger partial charge on any atom is -0.491 e. The van der Waals surface area contributed by atoms with E-state index in [1.165, 1.54) is 12.1 Å². The normalized spacial score (nSPS) is 21.2. The molecule has 2 fully saturated rings. The van der Waals surface area contributed by atoms with Gasteiger partial charge in [-0.3, -0.25) is 9.69 Å². The Hall–Kier alpha value is -2.52. The molecule has 3 heterocycles. The van der Waals surface area contributed by atoms with Gasteiger partial charge in [0.25, 0.3) is 0 Å². The molecule has 1 atom stereocenters. The molecule has 0 aliphatic carbocycles. The number of aryl methyl sites for hydroxylation is 1. The maximum atomic E-state index is 13.0. The summed E-state index contributed by atoms with van der Waals surface area (Å²) in [6.45, 7) is 5.48. The molecule has 0 saturated carbocycles. The molecule has 2 aromatic rings. The summed E-state index contributed by atoms with van der Waals surface area (Å²) in [6.07, 6.45) is 1.66. The van der Waals surface area contributed by atoms with Crippen molar-refractivity contribution in [2.24, 2.45) is 7.05 Å². The van der Waals surface area contributed by atoms with Crippen molar-refractivity contribution in [1.29, 1.82) is 0 Å². The minimum atomic E-state index is -0.298. The van der Waals surface area contributed by atoms with Crippen molar-refractivity contribution in [1.82, 2.24) is 24.6 Å². The highest BCUT2D eigenvalue weighted by atomic mass is 19.1. The van der Waals surface area contributed by atoms with Crippen LogP contribution in [-0.4, -0.2) is 75.5 Å². The zero-order valence-electron chi connectivity index (χ0n) is 17.5. The summed E-state index contributed by atoms with van der Waals surface area (Å²) in [4.78, 5) is 16.8. The molecule has 0 radical (unpaired) electrons. The first kappa shape index (κ1) is 20.7. The molecule has 8 nitrogen and oxygen atoms in total. The van der Waals surface area contributed by atoms with E-state index in [2.05, 4.69) is 15.1 Å². The third kappa shape index (κ3) is 4.79. The van der Waals surface area contributed by atoms with Crippen LogP contribution < -0.4 is 4.74 Å². The highest BCUT2D eigenvalue weighted by Crippen LogP contribution is 2.22. The summed E-state index contributed by atoms with van der Waals surface area (Å²) in [6, 6.07) is 6.13. The number of carbonyl (C=O) groups is 1. The number of ether oxygens (including phenoxy) is 2. The lowest BCUT2D eigenvalue weighted by molar-refractivity contribution is -0.155. The zero-order chi connectivity index (χ0) is 21.1. The summed E-state index contributed by atoms with van der Waals surface area (Å²) in [7, 11) is 1.98. The van der Waals surface area contributed by atoms with E-state index >= 15 is 0 Å². The van der Waals surface area contributed by atoms with Crippen LogP contribution in [0.4, 0.5) is 4.39 Å². The molecule has 1 aromatic heterocycles. The van der Waals surface area contributed by atoms with Gasteiger partial charge in [0, 0.05) is 26.2 Å². The Kier molecular flexibility index (Phi) is 6.29. The van der Waals surface area contributed by atoms with E-state index in [9.17, 15) is 9.18 Å². The van der Waals surface area contributed by atoms with E-state index in [0.717, 1.165) is 44.1 Å². The second-order valence-corrected chi connectivity index (χ2v) is 7.97. The van der Waals surface area contributed by atoms with Crippen LogP contribution in [0.5, 0.6) is 5.75 Å². The first-order valence-electron chi connectivity index (χ1n) is 10.4. The fourth-order valence-corrected chi connectivity index (χ4v) is 4.00. The van der Waals surface area contributed by atoms with Crippen molar-refractivity contribution in [3.05, 3.63) is 41.7 Å². The number of halogens is 1. The zero-order valence-corrected chi connectivity index (χ0v) is 17.5. The summed E-state index contributed by atoms with van der Waals surface area (Å²) in [5, 5.41) is 8.37. The molecular weight excluding hydrogens is 389 g/mol. The van der Waals surface area contributed by atoms with Gasteiger partial charge in [-0.1, -0.05) is 0 Å². The molecule has 30 heavy (non-hydrogen) atoms. The number of nitrogens with zero attached hydrogens (tertiary/aromatic N) is 5. The van der Waals surface area contributed by atoms with Crippen molar-refractivity contribution in [2.75, 3.05) is 32.8 Å². The standard InChI is InChI=1S/C21H28FN5O3/c1-15-23-24-20(25(15)2)12-26-9-7-17(8-10-26)27-11-19(30-14-21(27)28)13-29-18-5-3-16(22)4-6-18/h3-6,17,19H,7-14H2,1-2H3/t19-/m1/s1. The Balaban J connectivity index is 1.27. The van der Waals surface area contributed by atoms with Crippen molar-refractivity contribution < 1.29 is 18.7 Å². The molecule has 0 bridgehead atoms. The summed E-state index contributed by atoms with van der Waals surface area (Å²) in [5.74, 6) is 2.21. The fraction of sp³-hybridized carbons (Fsp3) is 0.571. The van der Waals surface area contributed by atoms with Gasteiger partial charge in [-0.2, -0.15) is 0 Å². The third-order valence-corrected chi connectivity index (χ3v) is 5.96. The lowest BCUT2D eigenvalue weighted by Crippen LogP contribution is -2.55. The van der Waals surface area contributed by atoms with E-state index in [1.807, 2.05) is 23.4 Å². The van der Waals surface area contributed by atoms with E-state index in [1.54, 1.807) is 12.1 Å². The van der Waals surface area contributed by atoms with Gasteiger partial charge in [-0.05, 0) is 44.0 Å². The van der Waals surface area contributed by atoms with Gasteiger partial charge in [-0.15, -0.1) is 10.2 Å². The number of benzene rings is 1. The molecule has 1 amide bonds. The second kappa shape index (κ2) is 9.09. The van der Waals surface area contributed by atoms with Gasteiger partial charge in [0.05, 0.1) is 13.1 Å². The summed E-state index contributed by atoms with van der Waals surface area (Å²) >= 11 is 0. The average Bonchev–Trinajstić information content (AvgIpc) is 3.07. The first-order chi connectivity index (χ1) is 14.5. The fourth-order valence-electron chi connectivity index (χ4n) is 4.00. The lowest BCUT2D eigenvalue weighted by Gasteiger charge is -2.42. The number of aromatic nitrogens is 3. The van der Waals surface area contributed by atoms with Crippen molar-refractivity contribution in [3.8, 4) is 5.75 Å². The van der Waals surface area contributed by atoms with E-state index < -0.39 is 0 Å². The molecule has 0 unspecified atom stereocenters. The largest absolute Gasteiger partial charge is 0.491 e. The van der Waals surface area contributed by atoms with Crippen LogP contribution >= 0.6 is 0 Å². The number of morpholine rings is 1. The highest BCUT2D eigenvalue weighted by Gasteiger charge is 2.34. The van der Waals surface area contributed by atoms with Crippen LogP contribution in [0.25, 0.3) is 0 Å². The molecule has 4 rings (SSSR count). The second-order valence-electron chi connectivity index (χ2n) is 7.97. The lowest BCUT2D eigenvalue weighted by atomic mass is 10.0. The predicted octanol–water partition coefficient (Wildman–Crippen LogP) is 1.53. The number of carbonyl (C=O) groups excluding carboxylic acids is 1. The van der Waals surface area contributed by atoms with Crippen molar-refractivity contribution in [2.45, 2.75) is 38.5 Å². The molecule has 2 aliphatic heterocycles. The third-order valence-electron chi connectivity index (χ3n) is 5.96. The predicted molar refractivity (Wildman–Crippen MR) is 107 cm³/mol. The molecule has 0 spiro atoms. The number of amides is 1. The smallest absolute Gasteiger partial charge is 0.248 e. The van der Waals surface area contributed by atoms with Gasteiger partial charge in [0.2, 0.25) is 5.91 Å². The van der Waals surface area contributed by atoms with Gasteiger partial charge in [-0.25, -0.2) is 4.39 Å². The molecule has 2 saturated heterocycles. The molecule has 9 heteroatoms. The average molecular weight is 417 g/mol.